The van der Waals surface area contributed by atoms with Crippen molar-refractivity contribution in [1.29, 1.82) is 0 Å². The highest BCUT2D eigenvalue weighted by atomic mass is 35.5. The first kappa shape index (κ1) is 18.0. The quantitative estimate of drug-likeness (QED) is 0.838. The molecule has 5 rings (SSSR count). The Morgan fingerprint density at radius 1 is 1.07 bits per heavy atom. The van der Waals surface area contributed by atoms with Crippen LogP contribution in [-0.2, 0) is 5.54 Å². The summed E-state index contributed by atoms with van der Waals surface area (Å²) in [6.07, 6.45) is 6.13. The van der Waals surface area contributed by atoms with Gasteiger partial charge in [0.15, 0.2) is 0 Å². The summed E-state index contributed by atoms with van der Waals surface area (Å²) in [6.45, 7) is 8.51. The van der Waals surface area contributed by atoms with Crippen LogP contribution in [0, 0.1) is 5.41 Å². The molecule has 0 radical (unpaired) electrons. The van der Waals surface area contributed by atoms with Crippen LogP contribution >= 0.6 is 11.6 Å². The van der Waals surface area contributed by atoms with E-state index in [1.165, 1.54) is 12.8 Å². The van der Waals surface area contributed by atoms with Crippen LogP contribution in [0.1, 0.15) is 42.6 Å². The van der Waals surface area contributed by atoms with Gasteiger partial charge in [0.1, 0.15) is 0 Å². The van der Waals surface area contributed by atoms with Crippen molar-refractivity contribution in [2.45, 2.75) is 32.2 Å². The van der Waals surface area contributed by atoms with E-state index in [0.29, 0.717) is 10.4 Å². The Morgan fingerprint density at radius 3 is 2.46 bits per heavy atom. The Balaban J connectivity index is 1.44. The average Bonchev–Trinajstić information content (AvgIpc) is 2.86. The van der Waals surface area contributed by atoms with E-state index in [-0.39, 0.29) is 5.91 Å². The number of rotatable bonds is 2. The smallest absolute Gasteiger partial charge is 0.259 e. The molecule has 3 aliphatic rings. The molecule has 6 heteroatoms. The van der Waals surface area contributed by atoms with Crippen LogP contribution in [0.4, 0.5) is 11.4 Å². The Morgan fingerprint density at radius 2 is 1.79 bits per heavy atom. The van der Waals surface area contributed by atoms with Gasteiger partial charge in [-0.25, -0.2) is 0 Å². The molecule has 4 heterocycles. The lowest BCUT2D eigenvalue weighted by atomic mass is 9.73. The van der Waals surface area contributed by atoms with Crippen LogP contribution in [0.15, 0.2) is 36.7 Å². The van der Waals surface area contributed by atoms with Crippen LogP contribution in [0.5, 0.6) is 0 Å². The van der Waals surface area contributed by atoms with Gasteiger partial charge >= 0.3 is 0 Å². The van der Waals surface area contributed by atoms with Crippen LogP contribution in [0.2, 0.25) is 5.02 Å². The molecule has 1 spiro atoms. The van der Waals surface area contributed by atoms with E-state index in [1.54, 1.807) is 12.3 Å². The number of halogens is 1. The zero-order chi connectivity index (χ0) is 19.5. The normalized spacial score (nSPS) is 22.3. The summed E-state index contributed by atoms with van der Waals surface area (Å²) >= 11 is 6.21. The molecule has 2 fully saturated rings. The summed E-state index contributed by atoms with van der Waals surface area (Å²) in [5.74, 6) is 0.00811. The van der Waals surface area contributed by atoms with Gasteiger partial charge in [0.25, 0.3) is 5.91 Å². The Labute approximate surface area is 170 Å². The third-order valence-electron chi connectivity index (χ3n) is 6.79. The summed E-state index contributed by atoms with van der Waals surface area (Å²) in [7, 11) is 0. The number of carbonyl (C=O) groups excluding carboxylic acids is 1. The molecule has 3 aliphatic heterocycles. The maximum Gasteiger partial charge on any atom is 0.259 e. The van der Waals surface area contributed by atoms with E-state index in [0.717, 1.165) is 48.7 Å². The standard InChI is InChI=1S/C22H25ClN4O/c1-21(2)19-9-15(23)3-4-18(19)20(28)27(21)17-10-16(11-24-12-17)26-7-5-22(6-8-26)13-25-14-22/h3-4,9-12,25H,5-8,13-14H2,1-2H3. The molecule has 1 aromatic heterocycles. The van der Waals surface area contributed by atoms with Gasteiger partial charge in [-0.2, -0.15) is 0 Å². The number of benzene rings is 1. The highest BCUT2D eigenvalue weighted by molar-refractivity contribution is 6.31. The van der Waals surface area contributed by atoms with Crippen molar-refractivity contribution in [2.24, 2.45) is 5.41 Å². The molecule has 0 unspecified atom stereocenters. The number of carbonyl (C=O) groups is 1. The fourth-order valence-corrected chi connectivity index (χ4v) is 5.10. The van der Waals surface area contributed by atoms with Crippen molar-refractivity contribution in [1.82, 2.24) is 10.3 Å². The summed E-state index contributed by atoms with van der Waals surface area (Å²) in [5, 5.41) is 4.07. The molecule has 0 bridgehead atoms. The first-order chi connectivity index (χ1) is 13.4. The van der Waals surface area contributed by atoms with Crippen LogP contribution in [0.25, 0.3) is 0 Å². The number of piperidine rings is 1. The van der Waals surface area contributed by atoms with E-state index in [9.17, 15) is 4.79 Å². The van der Waals surface area contributed by atoms with Crippen molar-refractivity contribution < 1.29 is 4.79 Å². The Kier molecular flexibility index (Phi) is 3.97. The number of nitrogens with one attached hydrogen (secondary N) is 1. The van der Waals surface area contributed by atoms with Crippen molar-refractivity contribution >= 4 is 28.9 Å². The van der Waals surface area contributed by atoms with Crippen LogP contribution in [0.3, 0.4) is 0 Å². The lowest BCUT2D eigenvalue weighted by Gasteiger charge is -2.49. The first-order valence-corrected chi connectivity index (χ1v) is 10.3. The van der Waals surface area contributed by atoms with Gasteiger partial charge in [0, 0.05) is 36.8 Å². The largest absolute Gasteiger partial charge is 0.370 e. The average molecular weight is 397 g/mol. The van der Waals surface area contributed by atoms with Gasteiger partial charge in [0.2, 0.25) is 0 Å². The molecule has 2 saturated heterocycles. The molecule has 1 amide bonds. The molecular weight excluding hydrogens is 372 g/mol. The van der Waals surface area contributed by atoms with Crippen LogP contribution < -0.4 is 15.1 Å². The Hall–Kier alpha value is -2.11. The minimum atomic E-state index is -0.471. The Bertz CT molecular complexity index is 943. The maximum absolute atomic E-state index is 13.2. The number of hydrogen-bond donors (Lipinski definition) is 1. The van der Waals surface area contributed by atoms with Gasteiger partial charge < -0.3 is 10.2 Å². The SMILES string of the molecule is CC1(C)c2cc(Cl)ccc2C(=O)N1c1cncc(N2CCC3(CC2)CNC3)c1. The fraction of sp³-hybridized carbons (Fsp3) is 0.455. The molecule has 5 nitrogen and oxygen atoms in total. The number of aromatic nitrogens is 1. The minimum absolute atomic E-state index is 0.00811. The maximum atomic E-state index is 13.2. The van der Waals surface area contributed by atoms with Gasteiger partial charge in [-0.3, -0.25) is 14.7 Å². The number of pyridine rings is 1. The van der Waals surface area contributed by atoms with Crippen molar-refractivity contribution in [3.8, 4) is 0 Å². The number of nitrogens with zero attached hydrogens (tertiary/aromatic N) is 3. The monoisotopic (exact) mass is 396 g/mol. The lowest BCUT2D eigenvalue weighted by molar-refractivity contribution is 0.0982. The molecular formula is C22H25ClN4O. The van der Waals surface area contributed by atoms with E-state index in [2.05, 4.69) is 35.1 Å². The number of anilines is 2. The van der Waals surface area contributed by atoms with E-state index in [1.807, 2.05) is 23.2 Å². The predicted molar refractivity (Wildman–Crippen MR) is 112 cm³/mol. The summed E-state index contributed by atoms with van der Waals surface area (Å²) < 4.78 is 0. The van der Waals surface area contributed by atoms with E-state index < -0.39 is 5.54 Å². The van der Waals surface area contributed by atoms with Crippen molar-refractivity contribution in [3.05, 3.63) is 52.8 Å². The summed E-state index contributed by atoms with van der Waals surface area (Å²) in [4.78, 5) is 21.9. The lowest BCUT2D eigenvalue weighted by Crippen LogP contribution is -2.58. The molecule has 1 N–H and O–H groups in total. The highest BCUT2D eigenvalue weighted by Gasteiger charge is 2.44. The number of amides is 1. The third-order valence-corrected chi connectivity index (χ3v) is 7.03. The molecule has 0 saturated carbocycles. The molecule has 2 aromatic rings. The zero-order valence-electron chi connectivity index (χ0n) is 16.3. The topological polar surface area (TPSA) is 48.5 Å². The highest BCUT2D eigenvalue weighted by Crippen LogP contribution is 2.43. The fourth-order valence-electron chi connectivity index (χ4n) is 4.93. The third kappa shape index (κ3) is 2.64. The summed E-state index contributed by atoms with van der Waals surface area (Å²) in [6, 6.07) is 7.63. The minimum Gasteiger partial charge on any atom is -0.370 e. The first-order valence-electron chi connectivity index (χ1n) is 9.95. The van der Waals surface area contributed by atoms with Gasteiger partial charge in [-0.05, 0) is 61.9 Å². The molecule has 1 aromatic carbocycles. The van der Waals surface area contributed by atoms with Crippen molar-refractivity contribution in [3.63, 3.8) is 0 Å². The number of hydrogen-bond acceptors (Lipinski definition) is 4. The second-order valence-electron chi connectivity index (χ2n) is 8.88. The second kappa shape index (κ2) is 6.19. The molecule has 146 valence electrons. The van der Waals surface area contributed by atoms with E-state index in [4.69, 9.17) is 11.6 Å². The molecule has 0 aliphatic carbocycles. The van der Waals surface area contributed by atoms with E-state index >= 15 is 0 Å². The number of fused-ring (bicyclic) bond motifs is 1. The van der Waals surface area contributed by atoms with Crippen LogP contribution in [-0.4, -0.2) is 37.1 Å². The van der Waals surface area contributed by atoms with Gasteiger partial charge in [-0.15, -0.1) is 0 Å². The van der Waals surface area contributed by atoms with Crippen molar-refractivity contribution in [2.75, 3.05) is 36.0 Å². The zero-order valence-corrected chi connectivity index (χ0v) is 17.1. The molecule has 28 heavy (non-hydrogen) atoms. The second-order valence-corrected chi connectivity index (χ2v) is 9.32. The predicted octanol–water partition coefficient (Wildman–Crippen LogP) is 3.82. The summed E-state index contributed by atoms with van der Waals surface area (Å²) in [5.41, 5.74) is 3.66. The molecule has 0 atom stereocenters. The van der Waals surface area contributed by atoms with Gasteiger partial charge in [0.05, 0.1) is 29.3 Å². The van der Waals surface area contributed by atoms with Gasteiger partial charge in [-0.1, -0.05) is 11.6 Å².